The van der Waals surface area contributed by atoms with Crippen LogP contribution >= 0.6 is 0 Å². The number of hydrogen-bond donors (Lipinski definition) is 3. The van der Waals surface area contributed by atoms with Crippen molar-refractivity contribution in [1.82, 2.24) is 5.32 Å². The highest BCUT2D eigenvalue weighted by Gasteiger charge is 2.29. The molecular weight excluding hydrogens is 210 g/mol. The minimum absolute atomic E-state index is 0.000222. The molecule has 6 nitrogen and oxygen atoms in total. The van der Waals surface area contributed by atoms with E-state index in [1.54, 1.807) is 6.92 Å². The van der Waals surface area contributed by atoms with E-state index in [4.69, 9.17) is 15.7 Å². The van der Waals surface area contributed by atoms with Gasteiger partial charge in [0.05, 0.1) is 12.1 Å². The van der Waals surface area contributed by atoms with E-state index >= 15 is 0 Å². The Balaban J connectivity index is 4.27. The maximum atomic E-state index is 11.5. The van der Waals surface area contributed by atoms with Crippen LogP contribution in [0.15, 0.2) is 5.16 Å². The number of carbonyl (C=O) groups is 1. The number of hydrogen-bond acceptors (Lipinski definition) is 4. The molecule has 0 aromatic rings. The molecule has 4 N–H and O–H groups in total. The maximum absolute atomic E-state index is 11.5. The van der Waals surface area contributed by atoms with Crippen molar-refractivity contribution in [3.05, 3.63) is 0 Å². The SMILES string of the molecule is CCOCCC(=O)NC(C)(CC)C(N)=NO. The van der Waals surface area contributed by atoms with Crippen LogP contribution in [0, 0.1) is 0 Å². The number of oxime groups is 1. The van der Waals surface area contributed by atoms with Crippen molar-refractivity contribution in [1.29, 1.82) is 0 Å². The lowest BCUT2D eigenvalue weighted by molar-refractivity contribution is -0.123. The van der Waals surface area contributed by atoms with Gasteiger partial charge in [-0.3, -0.25) is 4.79 Å². The fourth-order valence-corrected chi connectivity index (χ4v) is 1.12. The molecule has 0 aliphatic rings. The first-order valence-corrected chi connectivity index (χ1v) is 5.37. The maximum Gasteiger partial charge on any atom is 0.223 e. The van der Waals surface area contributed by atoms with Gasteiger partial charge in [0, 0.05) is 13.0 Å². The van der Waals surface area contributed by atoms with Gasteiger partial charge >= 0.3 is 0 Å². The van der Waals surface area contributed by atoms with Crippen LogP contribution < -0.4 is 11.1 Å². The van der Waals surface area contributed by atoms with Crippen LogP contribution in [-0.4, -0.2) is 35.7 Å². The molecule has 0 radical (unpaired) electrons. The van der Waals surface area contributed by atoms with E-state index in [1.807, 2.05) is 13.8 Å². The molecule has 0 aromatic heterocycles. The number of amidine groups is 1. The molecule has 0 saturated carbocycles. The van der Waals surface area contributed by atoms with Gasteiger partial charge in [0.1, 0.15) is 0 Å². The lowest BCUT2D eigenvalue weighted by Gasteiger charge is -2.27. The van der Waals surface area contributed by atoms with E-state index in [0.29, 0.717) is 19.6 Å². The van der Waals surface area contributed by atoms with Crippen molar-refractivity contribution in [3.8, 4) is 0 Å². The Morgan fingerprint density at radius 3 is 2.62 bits per heavy atom. The van der Waals surface area contributed by atoms with Crippen molar-refractivity contribution in [3.63, 3.8) is 0 Å². The second kappa shape index (κ2) is 7.05. The smallest absolute Gasteiger partial charge is 0.223 e. The van der Waals surface area contributed by atoms with E-state index in [9.17, 15) is 4.79 Å². The van der Waals surface area contributed by atoms with Crippen LogP contribution in [0.1, 0.15) is 33.6 Å². The molecule has 0 rings (SSSR count). The highest BCUT2D eigenvalue weighted by atomic mass is 16.5. The lowest BCUT2D eigenvalue weighted by atomic mass is 9.97. The zero-order chi connectivity index (χ0) is 12.6. The molecule has 0 saturated heterocycles. The van der Waals surface area contributed by atoms with Crippen LogP contribution in [0.2, 0.25) is 0 Å². The third-order valence-electron chi connectivity index (χ3n) is 2.47. The van der Waals surface area contributed by atoms with E-state index in [2.05, 4.69) is 10.5 Å². The highest BCUT2D eigenvalue weighted by Crippen LogP contribution is 2.09. The minimum atomic E-state index is -0.807. The Kier molecular flexibility index (Phi) is 6.48. The molecule has 1 unspecified atom stereocenters. The summed E-state index contributed by atoms with van der Waals surface area (Å²) in [6, 6.07) is 0. The first kappa shape index (κ1) is 14.7. The van der Waals surface area contributed by atoms with Crippen molar-refractivity contribution in [2.75, 3.05) is 13.2 Å². The summed E-state index contributed by atoms with van der Waals surface area (Å²) in [5, 5.41) is 14.3. The largest absolute Gasteiger partial charge is 0.409 e. The van der Waals surface area contributed by atoms with Crippen LogP contribution in [0.3, 0.4) is 0 Å². The Morgan fingerprint density at radius 2 is 2.19 bits per heavy atom. The van der Waals surface area contributed by atoms with Crippen LogP contribution in [0.4, 0.5) is 0 Å². The third kappa shape index (κ3) is 4.48. The summed E-state index contributed by atoms with van der Waals surface area (Å²) in [5.74, 6) is -0.177. The van der Waals surface area contributed by atoms with E-state index < -0.39 is 5.54 Å². The fraction of sp³-hybridized carbons (Fsp3) is 0.800. The van der Waals surface area contributed by atoms with Gasteiger partial charge in [-0.1, -0.05) is 12.1 Å². The number of amides is 1. The summed E-state index contributed by atoms with van der Waals surface area (Å²) in [6.07, 6.45) is 0.811. The second-order valence-electron chi connectivity index (χ2n) is 3.67. The number of nitrogens with one attached hydrogen (secondary N) is 1. The quantitative estimate of drug-likeness (QED) is 0.195. The van der Waals surface area contributed by atoms with Gasteiger partial charge in [0.15, 0.2) is 5.84 Å². The molecule has 94 valence electrons. The molecule has 1 atom stereocenters. The normalized spacial score (nSPS) is 15.6. The summed E-state index contributed by atoms with van der Waals surface area (Å²) in [7, 11) is 0. The number of carbonyl (C=O) groups excluding carboxylic acids is 1. The minimum Gasteiger partial charge on any atom is -0.409 e. The van der Waals surface area contributed by atoms with E-state index in [1.165, 1.54) is 0 Å². The molecule has 6 heteroatoms. The van der Waals surface area contributed by atoms with Crippen LogP contribution in [0.5, 0.6) is 0 Å². The van der Waals surface area contributed by atoms with Gasteiger partial charge in [-0.25, -0.2) is 0 Å². The van der Waals surface area contributed by atoms with Gasteiger partial charge in [-0.2, -0.15) is 0 Å². The van der Waals surface area contributed by atoms with Gasteiger partial charge in [-0.05, 0) is 20.3 Å². The number of nitrogens with zero attached hydrogens (tertiary/aromatic N) is 1. The first-order chi connectivity index (χ1) is 7.50. The highest BCUT2D eigenvalue weighted by molar-refractivity contribution is 5.93. The zero-order valence-electron chi connectivity index (χ0n) is 10.1. The topological polar surface area (TPSA) is 96.9 Å². The van der Waals surface area contributed by atoms with Crippen molar-refractivity contribution in [2.24, 2.45) is 10.9 Å². The van der Waals surface area contributed by atoms with Gasteiger partial charge in [0.2, 0.25) is 5.91 Å². The third-order valence-corrected chi connectivity index (χ3v) is 2.47. The zero-order valence-corrected chi connectivity index (χ0v) is 10.1. The molecule has 0 bridgehead atoms. The Hall–Kier alpha value is -1.30. The molecule has 0 heterocycles. The molecule has 0 aliphatic heterocycles. The van der Waals surface area contributed by atoms with Crippen molar-refractivity contribution >= 4 is 11.7 Å². The summed E-state index contributed by atoms with van der Waals surface area (Å²) >= 11 is 0. The first-order valence-electron chi connectivity index (χ1n) is 5.37. The Morgan fingerprint density at radius 1 is 1.56 bits per heavy atom. The molecule has 0 spiro atoms. The van der Waals surface area contributed by atoms with Gasteiger partial charge in [0.25, 0.3) is 0 Å². The van der Waals surface area contributed by atoms with Crippen molar-refractivity contribution in [2.45, 2.75) is 39.2 Å². The number of nitrogens with two attached hydrogens (primary N) is 1. The van der Waals surface area contributed by atoms with Gasteiger partial charge in [-0.15, -0.1) is 0 Å². The molecule has 0 aromatic carbocycles. The second-order valence-corrected chi connectivity index (χ2v) is 3.67. The predicted molar refractivity (Wildman–Crippen MR) is 61.4 cm³/mol. The number of ether oxygens (including phenoxy) is 1. The standard InChI is InChI=1S/C10H21N3O3/c1-4-10(3,9(11)13-15)12-8(14)6-7-16-5-2/h15H,4-7H2,1-3H3,(H2,11,13)(H,12,14). The van der Waals surface area contributed by atoms with Crippen LogP contribution in [0.25, 0.3) is 0 Å². The summed E-state index contributed by atoms with van der Waals surface area (Å²) in [6.45, 7) is 6.38. The number of rotatable bonds is 7. The van der Waals surface area contributed by atoms with Crippen molar-refractivity contribution < 1.29 is 14.7 Å². The summed E-state index contributed by atoms with van der Waals surface area (Å²) < 4.78 is 5.07. The van der Waals surface area contributed by atoms with E-state index in [-0.39, 0.29) is 18.2 Å². The van der Waals surface area contributed by atoms with E-state index in [0.717, 1.165) is 0 Å². The molecule has 0 aliphatic carbocycles. The molecule has 0 fully saturated rings. The fourth-order valence-electron chi connectivity index (χ4n) is 1.12. The molecular formula is C10H21N3O3. The lowest BCUT2D eigenvalue weighted by Crippen LogP contribution is -2.55. The molecule has 1 amide bonds. The predicted octanol–water partition coefficient (Wildman–Crippen LogP) is 0.444. The Bertz CT molecular complexity index is 256. The summed E-state index contributed by atoms with van der Waals surface area (Å²) in [4.78, 5) is 11.5. The Labute approximate surface area is 95.8 Å². The average Bonchev–Trinajstić information content (AvgIpc) is 2.28. The van der Waals surface area contributed by atoms with Crippen LogP contribution in [-0.2, 0) is 9.53 Å². The monoisotopic (exact) mass is 231 g/mol. The average molecular weight is 231 g/mol. The van der Waals surface area contributed by atoms with Gasteiger partial charge < -0.3 is 21.0 Å². The molecule has 16 heavy (non-hydrogen) atoms. The summed E-state index contributed by atoms with van der Waals surface area (Å²) in [5.41, 5.74) is 4.71.